The predicted molar refractivity (Wildman–Crippen MR) is 78.1 cm³/mol. The van der Waals surface area contributed by atoms with E-state index in [-0.39, 0.29) is 6.61 Å². The third kappa shape index (κ3) is 4.06. The number of aryl methyl sites for hydroxylation is 1. The molecule has 110 valence electrons. The molecular formula is C14H14ClN3O3. The quantitative estimate of drug-likeness (QED) is 0.830. The van der Waals surface area contributed by atoms with Gasteiger partial charge in [0.2, 0.25) is 0 Å². The second-order valence-electron chi connectivity index (χ2n) is 4.14. The third-order valence-corrected chi connectivity index (χ3v) is 3.02. The van der Waals surface area contributed by atoms with Crippen molar-refractivity contribution < 1.29 is 14.6 Å². The Bertz CT molecular complexity index is 667. The second kappa shape index (κ2) is 6.90. The van der Waals surface area contributed by atoms with Crippen molar-refractivity contribution in [1.82, 2.24) is 14.8 Å². The topological polar surface area (TPSA) is 77.2 Å². The number of ether oxygens (including phenoxy) is 1. The minimum absolute atomic E-state index is 0.262. The summed E-state index contributed by atoms with van der Waals surface area (Å²) in [6.07, 6.45) is 3.99. The molecule has 0 aliphatic rings. The SMILES string of the molecule is CCn1ncnc1COc1ccc(C=CC(=O)O)cc1Cl. The first-order valence-electron chi connectivity index (χ1n) is 6.30. The van der Waals surface area contributed by atoms with Gasteiger partial charge in [0.25, 0.3) is 0 Å². The van der Waals surface area contributed by atoms with E-state index in [2.05, 4.69) is 10.1 Å². The summed E-state index contributed by atoms with van der Waals surface area (Å²) in [4.78, 5) is 14.6. The van der Waals surface area contributed by atoms with Gasteiger partial charge in [-0.05, 0) is 30.7 Å². The summed E-state index contributed by atoms with van der Waals surface area (Å²) in [5.74, 6) is 0.212. The fraction of sp³-hybridized carbons (Fsp3) is 0.214. The summed E-state index contributed by atoms with van der Waals surface area (Å²) in [5.41, 5.74) is 0.687. The molecule has 1 N–H and O–H groups in total. The van der Waals surface area contributed by atoms with Crippen molar-refractivity contribution in [3.63, 3.8) is 0 Å². The number of hydrogen-bond acceptors (Lipinski definition) is 4. The first-order chi connectivity index (χ1) is 10.1. The molecule has 0 fully saturated rings. The molecule has 1 heterocycles. The molecule has 0 saturated carbocycles. The van der Waals surface area contributed by atoms with Gasteiger partial charge in [-0.25, -0.2) is 14.5 Å². The zero-order valence-corrected chi connectivity index (χ0v) is 12.1. The Kier molecular flexibility index (Phi) is 4.94. The summed E-state index contributed by atoms with van der Waals surface area (Å²) < 4.78 is 7.34. The molecule has 0 aliphatic carbocycles. The number of carboxylic acid groups (broad SMARTS) is 1. The Morgan fingerprint density at radius 1 is 1.52 bits per heavy atom. The lowest BCUT2D eigenvalue weighted by Gasteiger charge is -2.08. The van der Waals surface area contributed by atoms with Crippen LogP contribution in [0.25, 0.3) is 6.08 Å². The number of benzene rings is 1. The van der Waals surface area contributed by atoms with Gasteiger partial charge < -0.3 is 9.84 Å². The van der Waals surface area contributed by atoms with E-state index in [1.807, 2.05) is 6.92 Å². The van der Waals surface area contributed by atoms with E-state index in [1.54, 1.807) is 22.9 Å². The Hall–Kier alpha value is -2.34. The number of carbonyl (C=O) groups is 1. The molecule has 7 heteroatoms. The summed E-state index contributed by atoms with van der Waals surface area (Å²) in [7, 11) is 0. The van der Waals surface area contributed by atoms with Crippen molar-refractivity contribution in [1.29, 1.82) is 0 Å². The smallest absolute Gasteiger partial charge is 0.328 e. The van der Waals surface area contributed by atoms with Crippen LogP contribution in [0.1, 0.15) is 18.3 Å². The highest BCUT2D eigenvalue weighted by atomic mass is 35.5. The maximum absolute atomic E-state index is 10.5. The molecule has 2 aromatic rings. The van der Waals surface area contributed by atoms with Crippen LogP contribution >= 0.6 is 11.6 Å². The normalized spacial score (nSPS) is 11.0. The first-order valence-corrected chi connectivity index (χ1v) is 6.68. The van der Waals surface area contributed by atoms with Gasteiger partial charge in [0, 0.05) is 12.6 Å². The van der Waals surface area contributed by atoms with Crippen LogP contribution in [0, 0.1) is 0 Å². The summed E-state index contributed by atoms with van der Waals surface area (Å²) >= 11 is 6.11. The van der Waals surface area contributed by atoms with E-state index in [0.717, 1.165) is 6.08 Å². The van der Waals surface area contributed by atoms with Gasteiger partial charge in [0.15, 0.2) is 5.82 Å². The van der Waals surface area contributed by atoms with Crippen LogP contribution in [0.5, 0.6) is 5.75 Å². The first kappa shape index (κ1) is 15.1. The van der Waals surface area contributed by atoms with Crippen LogP contribution in [0.2, 0.25) is 5.02 Å². The highest BCUT2D eigenvalue weighted by Gasteiger charge is 2.06. The summed E-state index contributed by atoms with van der Waals surface area (Å²) in [5, 5.41) is 13.0. The number of rotatable bonds is 6. The van der Waals surface area contributed by atoms with E-state index in [9.17, 15) is 4.79 Å². The van der Waals surface area contributed by atoms with Crippen LogP contribution in [-0.4, -0.2) is 25.8 Å². The zero-order valence-electron chi connectivity index (χ0n) is 11.4. The Morgan fingerprint density at radius 3 is 3.00 bits per heavy atom. The molecule has 0 amide bonds. The van der Waals surface area contributed by atoms with Gasteiger partial charge in [-0.15, -0.1) is 0 Å². The van der Waals surface area contributed by atoms with Crippen molar-refractivity contribution in [3.8, 4) is 5.75 Å². The maximum atomic E-state index is 10.5. The third-order valence-electron chi connectivity index (χ3n) is 2.73. The van der Waals surface area contributed by atoms with Crippen molar-refractivity contribution >= 4 is 23.6 Å². The predicted octanol–water partition coefficient (Wildman–Crippen LogP) is 2.63. The number of halogens is 1. The molecule has 2 rings (SSSR count). The van der Waals surface area contributed by atoms with Gasteiger partial charge in [0.1, 0.15) is 18.7 Å². The summed E-state index contributed by atoms with van der Waals surface area (Å²) in [6.45, 7) is 2.94. The molecule has 0 aliphatic heterocycles. The molecular weight excluding hydrogens is 294 g/mol. The van der Waals surface area contributed by atoms with E-state index in [1.165, 1.54) is 12.4 Å². The zero-order chi connectivity index (χ0) is 15.2. The lowest BCUT2D eigenvalue weighted by atomic mass is 10.2. The number of carboxylic acids is 1. The van der Waals surface area contributed by atoms with Gasteiger partial charge in [-0.1, -0.05) is 17.7 Å². The van der Waals surface area contributed by atoms with E-state index < -0.39 is 5.97 Å². The average molecular weight is 308 g/mol. The fourth-order valence-corrected chi connectivity index (χ4v) is 1.96. The Labute approximate surface area is 126 Å². The minimum Gasteiger partial charge on any atom is -0.484 e. The monoisotopic (exact) mass is 307 g/mol. The number of hydrogen-bond donors (Lipinski definition) is 1. The highest BCUT2D eigenvalue weighted by molar-refractivity contribution is 6.32. The maximum Gasteiger partial charge on any atom is 0.328 e. The highest BCUT2D eigenvalue weighted by Crippen LogP contribution is 2.26. The van der Waals surface area contributed by atoms with E-state index in [4.69, 9.17) is 21.4 Å². The molecule has 1 aromatic carbocycles. The molecule has 6 nitrogen and oxygen atoms in total. The van der Waals surface area contributed by atoms with Crippen molar-refractivity contribution in [2.45, 2.75) is 20.1 Å². The van der Waals surface area contributed by atoms with Crippen molar-refractivity contribution in [2.75, 3.05) is 0 Å². The van der Waals surface area contributed by atoms with E-state index >= 15 is 0 Å². The Morgan fingerprint density at radius 2 is 2.33 bits per heavy atom. The Balaban J connectivity index is 2.06. The molecule has 0 radical (unpaired) electrons. The lowest BCUT2D eigenvalue weighted by molar-refractivity contribution is -0.131. The lowest BCUT2D eigenvalue weighted by Crippen LogP contribution is -2.07. The molecule has 21 heavy (non-hydrogen) atoms. The van der Waals surface area contributed by atoms with Crippen LogP contribution in [-0.2, 0) is 17.9 Å². The van der Waals surface area contributed by atoms with Crippen LogP contribution < -0.4 is 4.74 Å². The van der Waals surface area contributed by atoms with E-state index in [0.29, 0.717) is 28.7 Å². The van der Waals surface area contributed by atoms with Gasteiger partial charge in [-0.3, -0.25) is 0 Å². The summed E-state index contributed by atoms with van der Waals surface area (Å²) in [6, 6.07) is 5.06. The molecule has 0 saturated heterocycles. The fourth-order valence-electron chi connectivity index (χ4n) is 1.71. The van der Waals surface area contributed by atoms with Gasteiger partial charge >= 0.3 is 5.97 Å². The number of nitrogens with zero attached hydrogens (tertiary/aromatic N) is 3. The molecule has 1 aromatic heterocycles. The average Bonchev–Trinajstić information content (AvgIpc) is 2.91. The van der Waals surface area contributed by atoms with Crippen LogP contribution in [0.3, 0.4) is 0 Å². The van der Waals surface area contributed by atoms with Crippen molar-refractivity contribution in [3.05, 3.63) is 47.0 Å². The standard InChI is InChI=1S/C14H14ClN3O3/c1-2-18-13(16-9-17-18)8-21-12-5-3-10(7-11(12)15)4-6-14(19)20/h3-7,9H,2,8H2,1H3,(H,19,20). The van der Waals surface area contributed by atoms with Crippen molar-refractivity contribution in [2.24, 2.45) is 0 Å². The molecule has 0 atom stereocenters. The largest absolute Gasteiger partial charge is 0.484 e. The number of aromatic nitrogens is 3. The minimum atomic E-state index is -1.01. The second-order valence-corrected chi connectivity index (χ2v) is 4.55. The van der Waals surface area contributed by atoms with Crippen LogP contribution in [0.15, 0.2) is 30.6 Å². The van der Waals surface area contributed by atoms with Gasteiger partial charge in [0.05, 0.1) is 5.02 Å². The van der Waals surface area contributed by atoms with Gasteiger partial charge in [-0.2, -0.15) is 5.10 Å². The molecule has 0 spiro atoms. The van der Waals surface area contributed by atoms with Crippen LogP contribution in [0.4, 0.5) is 0 Å². The number of aliphatic carboxylic acids is 1. The molecule has 0 bridgehead atoms. The molecule has 0 unspecified atom stereocenters.